The number of carbonyl (C=O) groups is 2. The topological polar surface area (TPSA) is 180 Å². The maximum Gasteiger partial charge on any atom is 0.341 e. The van der Waals surface area contributed by atoms with Gasteiger partial charge in [-0.1, -0.05) is 123 Å². The Morgan fingerprint density at radius 1 is 0.651 bits per heavy atom. The molecule has 0 saturated carbocycles. The Morgan fingerprint density at radius 3 is 1.37 bits per heavy atom. The summed E-state index contributed by atoms with van der Waals surface area (Å²) < 4.78 is 33.2. The van der Waals surface area contributed by atoms with Crippen LogP contribution in [-0.2, 0) is 27.5 Å². The lowest BCUT2D eigenvalue weighted by molar-refractivity contribution is -0.00231. The van der Waals surface area contributed by atoms with Crippen LogP contribution in [0.25, 0.3) is 0 Å². The fraction of sp³-hybridized carbons (Fsp3) is 0.182. The first-order valence-electron chi connectivity index (χ1n) is 18.3. The first-order valence-corrected chi connectivity index (χ1v) is 20.6. The van der Waals surface area contributed by atoms with Crippen molar-refractivity contribution < 1.29 is 42.8 Å². The van der Waals surface area contributed by atoms with Crippen LogP contribution < -0.4 is 24.7 Å². The molecule has 2 aromatic heterocycles. The predicted molar refractivity (Wildman–Crippen MR) is 245 cm³/mol. The van der Waals surface area contributed by atoms with E-state index in [1.165, 1.54) is 50.9 Å². The number of carbonyl (C=O) groups excluding carboxylic acids is 2. The van der Waals surface area contributed by atoms with Gasteiger partial charge in [0.1, 0.15) is 29.9 Å². The molecule has 0 aliphatic heterocycles. The molecule has 0 spiro atoms. The largest absolute Gasteiger partial charge is 0.486 e. The molecule has 0 bridgehead atoms. The third-order valence-electron chi connectivity index (χ3n) is 7.68. The van der Waals surface area contributed by atoms with Gasteiger partial charge in [0, 0.05) is 22.3 Å². The summed E-state index contributed by atoms with van der Waals surface area (Å²) >= 11 is 27.9. The third kappa shape index (κ3) is 15.8. The molecule has 63 heavy (non-hydrogen) atoms. The minimum atomic E-state index is -0.593. The third-order valence-corrected chi connectivity index (χ3v) is 9.26. The molecular formula is C44H39BrCl4N4O10. The van der Waals surface area contributed by atoms with E-state index in [9.17, 15) is 14.5 Å². The Kier molecular flexibility index (Phi) is 19.1. The number of hydrogen-bond acceptors (Lipinski definition) is 14. The highest BCUT2D eigenvalue weighted by Gasteiger charge is 2.20. The fourth-order valence-corrected chi connectivity index (χ4v) is 6.69. The van der Waals surface area contributed by atoms with Crippen LogP contribution >= 0.6 is 62.3 Å². The first kappa shape index (κ1) is 49.8. The molecule has 2 N–H and O–H groups in total. The average Bonchev–Trinajstić information content (AvgIpc) is 3.25. The van der Waals surface area contributed by atoms with E-state index in [-0.39, 0.29) is 69.1 Å². The van der Waals surface area contributed by atoms with Crippen LogP contribution in [0.1, 0.15) is 52.6 Å². The van der Waals surface area contributed by atoms with Gasteiger partial charge in [-0.3, -0.25) is 0 Å². The summed E-state index contributed by atoms with van der Waals surface area (Å²) in [5.74, 6) is -0.00653. The Labute approximate surface area is 391 Å². The molecule has 4 aromatic carbocycles. The molecule has 0 atom stereocenters. The number of benzene rings is 4. The Morgan fingerprint density at radius 2 is 1.03 bits per heavy atom. The van der Waals surface area contributed by atoms with E-state index in [4.69, 9.17) is 80.6 Å². The zero-order valence-electron chi connectivity index (χ0n) is 34.2. The Balaban J connectivity index is 0.000000240. The number of nitrogen functional groups attached to an aromatic ring is 1. The minimum absolute atomic E-state index is 0.0982. The van der Waals surface area contributed by atoms with Crippen LogP contribution in [0.4, 0.5) is 5.69 Å². The quantitative estimate of drug-likeness (QED) is 0.0500. The highest BCUT2D eigenvalue weighted by molar-refractivity contribution is 9.10. The van der Waals surface area contributed by atoms with Crippen LogP contribution in [0.3, 0.4) is 0 Å². The molecule has 0 aliphatic rings. The summed E-state index contributed by atoms with van der Waals surface area (Å²) in [6, 6.07) is 28.2. The lowest BCUT2D eigenvalue weighted by Gasteiger charge is -2.13. The molecule has 330 valence electrons. The second-order valence-corrected chi connectivity index (χ2v) is 16.1. The van der Waals surface area contributed by atoms with Gasteiger partial charge in [-0.05, 0) is 56.2 Å². The second kappa shape index (κ2) is 24.1. The van der Waals surface area contributed by atoms with E-state index in [1.54, 1.807) is 32.9 Å². The van der Waals surface area contributed by atoms with Crippen molar-refractivity contribution in [3.63, 3.8) is 0 Å². The number of rotatable bonds is 13. The van der Waals surface area contributed by atoms with E-state index in [2.05, 4.69) is 36.1 Å². The molecule has 6 rings (SSSR count). The van der Waals surface area contributed by atoms with Crippen molar-refractivity contribution in [3.05, 3.63) is 161 Å². The number of hydrogen-bond donors (Lipinski definition) is 1. The SMILES string of the molecule is CC(C)(C)ON=O.COC(=O)c1cc(Oc2c(Cl)cc(Br)cc2Cl)ncc1OCc1ccccc1.COC(=O)c1cc(Oc2c(Cl)cc(N)cc2Cl)ncc1OCc1ccccc1. The molecule has 6 aromatic rings. The summed E-state index contributed by atoms with van der Waals surface area (Å²) in [6.07, 6.45) is 2.77. The van der Waals surface area contributed by atoms with Crippen molar-refractivity contribution in [1.29, 1.82) is 0 Å². The van der Waals surface area contributed by atoms with Gasteiger partial charge in [0.15, 0.2) is 28.3 Å². The number of nitrogens with two attached hydrogens (primary N) is 1. The summed E-state index contributed by atoms with van der Waals surface area (Å²) in [7, 11) is 2.56. The van der Waals surface area contributed by atoms with Gasteiger partial charge < -0.3 is 39.0 Å². The molecule has 0 fully saturated rings. The number of methoxy groups -OCH3 is 2. The molecule has 0 radical (unpaired) electrons. The number of halogens is 5. The zero-order valence-corrected chi connectivity index (χ0v) is 38.8. The lowest BCUT2D eigenvalue weighted by atomic mass is 10.2. The molecule has 14 nitrogen and oxygen atoms in total. The normalized spacial score (nSPS) is 10.4. The van der Waals surface area contributed by atoms with Crippen LogP contribution in [0.5, 0.6) is 34.8 Å². The van der Waals surface area contributed by atoms with Gasteiger partial charge in [-0.25, -0.2) is 19.6 Å². The van der Waals surface area contributed by atoms with Crippen LogP contribution in [0.2, 0.25) is 20.1 Å². The van der Waals surface area contributed by atoms with E-state index in [0.29, 0.717) is 20.2 Å². The van der Waals surface area contributed by atoms with Crippen LogP contribution in [-0.4, -0.2) is 41.7 Å². The smallest absolute Gasteiger partial charge is 0.341 e. The summed E-state index contributed by atoms with van der Waals surface area (Å²) in [5.41, 5.74) is 7.88. The number of esters is 2. The van der Waals surface area contributed by atoms with Crippen molar-refractivity contribution in [3.8, 4) is 34.8 Å². The lowest BCUT2D eigenvalue weighted by Crippen LogP contribution is -2.14. The number of nitrogens with zero attached hydrogens (tertiary/aromatic N) is 3. The van der Waals surface area contributed by atoms with E-state index in [1.807, 2.05) is 60.7 Å². The summed E-state index contributed by atoms with van der Waals surface area (Å²) in [6.45, 7) is 5.82. The van der Waals surface area contributed by atoms with Crippen LogP contribution in [0, 0.1) is 4.91 Å². The second-order valence-electron chi connectivity index (χ2n) is 13.6. The average molecular weight is 1010 g/mol. The molecule has 0 unspecified atom stereocenters. The monoisotopic (exact) mass is 1000 g/mol. The molecular weight excluding hydrogens is 966 g/mol. The Bertz CT molecular complexity index is 2290. The van der Waals surface area contributed by atoms with Gasteiger partial charge in [-0.15, -0.1) is 4.91 Å². The van der Waals surface area contributed by atoms with Gasteiger partial charge in [0.25, 0.3) is 0 Å². The van der Waals surface area contributed by atoms with Crippen molar-refractivity contribution in [2.24, 2.45) is 5.34 Å². The molecule has 0 saturated heterocycles. The summed E-state index contributed by atoms with van der Waals surface area (Å²) in [4.78, 5) is 46.4. The first-order chi connectivity index (χ1) is 30.0. The van der Waals surface area contributed by atoms with E-state index >= 15 is 0 Å². The van der Waals surface area contributed by atoms with Gasteiger partial charge in [0.05, 0.1) is 46.7 Å². The Hall–Kier alpha value is -5.84. The molecule has 2 heterocycles. The highest BCUT2D eigenvalue weighted by Crippen LogP contribution is 2.40. The zero-order chi connectivity index (χ0) is 46.1. The maximum absolute atomic E-state index is 12.2. The van der Waals surface area contributed by atoms with Crippen molar-refractivity contribution in [2.75, 3.05) is 20.0 Å². The fourth-order valence-electron chi connectivity index (χ4n) is 4.82. The molecule has 19 heteroatoms. The van der Waals surface area contributed by atoms with Gasteiger partial charge >= 0.3 is 11.9 Å². The van der Waals surface area contributed by atoms with E-state index in [0.717, 1.165) is 11.1 Å². The highest BCUT2D eigenvalue weighted by atomic mass is 79.9. The van der Waals surface area contributed by atoms with Crippen molar-refractivity contribution in [2.45, 2.75) is 39.6 Å². The van der Waals surface area contributed by atoms with Crippen LogP contribution in [0.15, 0.2) is 119 Å². The minimum Gasteiger partial charge on any atom is -0.486 e. The van der Waals surface area contributed by atoms with Crippen molar-refractivity contribution in [1.82, 2.24) is 9.97 Å². The number of aromatic nitrogens is 2. The number of ether oxygens (including phenoxy) is 6. The van der Waals surface area contributed by atoms with Crippen molar-refractivity contribution >= 4 is 80.0 Å². The van der Waals surface area contributed by atoms with Gasteiger partial charge in [0.2, 0.25) is 11.8 Å². The predicted octanol–water partition coefficient (Wildman–Crippen LogP) is 12.9. The van der Waals surface area contributed by atoms with Gasteiger partial charge in [-0.2, -0.15) is 0 Å². The maximum atomic E-state index is 12.2. The van der Waals surface area contributed by atoms with E-state index < -0.39 is 17.5 Å². The standard InChI is InChI=1S/C20H14BrCl2NO4.C20H16Cl2N2O4.C4H9NO2/c1-26-20(25)14-9-18(28-19-15(22)7-13(21)8-16(19)23)24-10-17(14)27-11-12-5-3-2-4-6-12;1-26-20(25)14-9-18(28-19-15(21)7-13(23)8-16(19)22)24-10-17(14)27-11-12-5-3-2-4-6-12;1-4(2,3)7-5-6/h2-10H,11H2,1H3;2-10H,11,23H2,1H3;1-3H3. The molecule has 0 amide bonds. The molecule has 0 aliphatic carbocycles. The number of anilines is 1. The summed E-state index contributed by atoms with van der Waals surface area (Å²) in [5, 5.41) is 3.29. The number of pyridine rings is 2.